The molecule has 0 bridgehead atoms. The molecule has 2 aliphatic heterocycles. The Labute approximate surface area is 126 Å². The number of carbonyl (C=O) groups is 3. The predicted molar refractivity (Wildman–Crippen MR) is 74.4 cm³/mol. The molecule has 7 nitrogen and oxygen atoms in total. The van der Waals surface area contributed by atoms with E-state index in [2.05, 4.69) is 0 Å². The highest BCUT2D eigenvalue weighted by Gasteiger charge is 2.39. The molecule has 3 rings (SSSR count). The molecule has 1 atom stereocenters. The van der Waals surface area contributed by atoms with Gasteiger partial charge in [-0.25, -0.2) is 13.2 Å². The van der Waals surface area contributed by atoms with Crippen LogP contribution in [-0.4, -0.2) is 42.8 Å². The van der Waals surface area contributed by atoms with E-state index < -0.39 is 27.6 Å². The second-order valence-corrected chi connectivity index (χ2v) is 7.62. The first-order chi connectivity index (χ1) is 10.4. The molecule has 2 heterocycles. The summed E-state index contributed by atoms with van der Waals surface area (Å²) in [5, 5.41) is 0.441. The molecular formula is C14H13NO6S. The van der Waals surface area contributed by atoms with Gasteiger partial charge in [0.25, 0.3) is 11.8 Å². The summed E-state index contributed by atoms with van der Waals surface area (Å²) in [5.41, 5.74) is 0.368. The molecule has 0 spiro atoms. The van der Waals surface area contributed by atoms with Crippen molar-refractivity contribution in [1.29, 1.82) is 0 Å². The van der Waals surface area contributed by atoms with E-state index in [4.69, 9.17) is 4.84 Å². The Hall–Kier alpha value is -2.22. The van der Waals surface area contributed by atoms with Gasteiger partial charge < -0.3 is 4.84 Å². The van der Waals surface area contributed by atoms with Crippen molar-refractivity contribution in [2.45, 2.75) is 12.8 Å². The maximum atomic E-state index is 12.0. The number of hydrogen-bond acceptors (Lipinski definition) is 6. The van der Waals surface area contributed by atoms with Crippen LogP contribution < -0.4 is 0 Å². The highest BCUT2D eigenvalue weighted by molar-refractivity contribution is 7.91. The number of fused-ring (bicyclic) bond motifs is 1. The molecule has 0 N–H and O–H groups in total. The van der Waals surface area contributed by atoms with E-state index in [0.717, 1.165) is 0 Å². The summed E-state index contributed by atoms with van der Waals surface area (Å²) in [6.45, 7) is 0. The maximum absolute atomic E-state index is 12.0. The van der Waals surface area contributed by atoms with Crippen LogP contribution in [0.4, 0.5) is 0 Å². The minimum atomic E-state index is -3.09. The standard InChI is InChI=1S/C14H13NO6S/c16-12(7-9-5-6-22(19,20)8-9)21-15-13(17)10-3-1-2-4-11(10)14(15)18/h1-4,9H,5-8H2. The summed E-state index contributed by atoms with van der Waals surface area (Å²) >= 11 is 0. The molecule has 116 valence electrons. The van der Waals surface area contributed by atoms with Crippen molar-refractivity contribution in [2.75, 3.05) is 11.5 Å². The summed E-state index contributed by atoms with van der Waals surface area (Å²) in [7, 11) is -3.09. The Balaban J connectivity index is 1.66. The van der Waals surface area contributed by atoms with Gasteiger partial charge in [0.05, 0.1) is 29.1 Å². The molecule has 8 heteroatoms. The second-order valence-electron chi connectivity index (χ2n) is 5.39. The average Bonchev–Trinajstić information content (AvgIpc) is 2.92. The van der Waals surface area contributed by atoms with Gasteiger partial charge in [0.2, 0.25) is 0 Å². The zero-order valence-corrected chi connectivity index (χ0v) is 12.3. The first-order valence-corrected chi connectivity index (χ1v) is 8.58. The summed E-state index contributed by atoms with van der Waals surface area (Å²) in [6, 6.07) is 6.18. The van der Waals surface area contributed by atoms with E-state index in [0.29, 0.717) is 11.5 Å². The smallest absolute Gasteiger partial charge is 0.330 e. The van der Waals surface area contributed by atoms with Crippen molar-refractivity contribution in [3.63, 3.8) is 0 Å². The maximum Gasteiger partial charge on any atom is 0.333 e. The van der Waals surface area contributed by atoms with Gasteiger partial charge in [-0.05, 0) is 24.5 Å². The minimum absolute atomic E-state index is 0.0535. The number of benzene rings is 1. The van der Waals surface area contributed by atoms with E-state index in [1.54, 1.807) is 12.1 Å². The number of hydrogen-bond donors (Lipinski definition) is 0. The fraction of sp³-hybridized carbons (Fsp3) is 0.357. The van der Waals surface area contributed by atoms with Crippen LogP contribution in [0, 0.1) is 5.92 Å². The van der Waals surface area contributed by atoms with Crippen molar-refractivity contribution >= 4 is 27.6 Å². The Morgan fingerprint density at radius 2 is 1.77 bits per heavy atom. The zero-order valence-electron chi connectivity index (χ0n) is 11.5. The third kappa shape index (κ3) is 2.61. The fourth-order valence-corrected chi connectivity index (χ4v) is 4.52. The van der Waals surface area contributed by atoms with Crippen LogP contribution in [0.5, 0.6) is 0 Å². The molecule has 1 saturated heterocycles. The molecule has 1 aromatic carbocycles. The number of carbonyl (C=O) groups excluding carboxylic acids is 3. The molecule has 0 saturated carbocycles. The number of rotatable bonds is 3. The average molecular weight is 323 g/mol. The highest BCUT2D eigenvalue weighted by atomic mass is 32.2. The van der Waals surface area contributed by atoms with Gasteiger partial charge in [-0.2, -0.15) is 0 Å². The van der Waals surface area contributed by atoms with Crippen LogP contribution in [-0.2, 0) is 19.5 Å². The lowest BCUT2D eigenvalue weighted by Crippen LogP contribution is -2.33. The van der Waals surface area contributed by atoms with Gasteiger partial charge >= 0.3 is 5.97 Å². The number of amides is 2. The van der Waals surface area contributed by atoms with E-state index in [-0.39, 0.29) is 35.0 Å². The highest BCUT2D eigenvalue weighted by Crippen LogP contribution is 2.25. The summed E-state index contributed by atoms with van der Waals surface area (Å²) in [6.07, 6.45) is 0.256. The van der Waals surface area contributed by atoms with Gasteiger partial charge in [-0.1, -0.05) is 17.2 Å². The molecule has 0 aliphatic carbocycles. The third-order valence-corrected chi connectivity index (χ3v) is 5.57. The quantitative estimate of drug-likeness (QED) is 0.754. The van der Waals surface area contributed by atoms with Gasteiger partial charge in [0.15, 0.2) is 9.84 Å². The van der Waals surface area contributed by atoms with E-state index in [9.17, 15) is 22.8 Å². The zero-order chi connectivity index (χ0) is 15.9. The molecule has 22 heavy (non-hydrogen) atoms. The Kier molecular flexibility index (Phi) is 3.48. The molecule has 0 radical (unpaired) electrons. The third-order valence-electron chi connectivity index (χ3n) is 3.73. The van der Waals surface area contributed by atoms with Crippen LogP contribution in [0.25, 0.3) is 0 Å². The number of sulfone groups is 1. The molecule has 2 aliphatic rings. The Morgan fingerprint density at radius 1 is 1.18 bits per heavy atom. The van der Waals surface area contributed by atoms with Crippen molar-refractivity contribution in [1.82, 2.24) is 5.06 Å². The molecule has 0 aromatic heterocycles. The van der Waals surface area contributed by atoms with Crippen molar-refractivity contribution in [2.24, 2.45) is 5.92 Å². The Bertz CT molecular complexity index is 734. The lowest BCUT2D eigenvalue weighted by atomic mass is 10.1. The van der Waals surface area contributed by atoms with Gasteiger partial charge in [0, 0.05) is 0 Å². The first kappa shape index (κ1) is 14.7. The van der Waals surface area contributed by atoms with Crippen LogP contribution in [0.3, 0.4) is 0 Å². The topological polar surface area (TPSA) is 97.8 Å². The van der Waals surface area contributed by atoms with Crippen molar-refractivity contribution in [3.8, 4) is 0 Å². The fourth-order valence-electron chi connectivity index (χ4n) is 2.66. The summed E-state index contributed by atoms with van der Waals surface area (Å²) < 4.78 is 22.7. The predicted octanol–water partition coefficient (Wildman–Crippen LogP) is 0.566. The normalized spacial score (nSPS) is 22.7. The monoisotopic (exact) mass is 323 g/mol. The molecule has 1 fully saturated rings. The van der Waals surface area contributed by atoms with Gasteiger partial charge in [0.1, 0.15) is 0 Å². The Morgan fingerprint density at radius 3 is 2.27 bits per heavy atom. The first-order valence-electron chi connectivity index (χ1n) is 6.76. The van der Waals surface area contributed by atoms with E-state index in [1.165, 1.54) is 12.1 Å². The molecular weight excluding hydrogens is 310 g/mol. The van der Waals surface area contributed by atoms with Crippen molar-refractivity contribution < 1.29 is 27.6 Å². The summed E-state index contributed by atoms with van der Waals surface area (Å²) in [5.74, 6) is -2.49. The van der Waals surface area contributed by atoms with E-state index in [1.807, 2.05) is 0 Å². The molecule has 1 unspecified atom stereocenters. The largest absolute Gasteiger partial charge is 0.333 e. The van der Waals surface area contributed by atoms with Crippen molar-refractivity contribution in [3.05, 3.63) is 35.4 Å². The lowest BCUT2D eigenvalue weighted by molar-refractivity contribution is -0.169. The number of hydroxylamine groups is 2. The lowest BCUT2D eigenvalue weighted by Gasteiger charge is -2.14. The van der Waals surface area contributed by atoms with Crippen LogP contribution in [0.1, 0.15) is 33.6 Å². The SMILES string of the molecule is O=C(CC1CCS(=O)(=O)C1)ON1C(=O)c2ccccc2C1=O. The summed E-state index contributed by atoms with van der Waals surface area (Å²) in [4.78, 5) is 40.7. The number of nitrogens with zero attached hydrogens (tertiary/aromatic N) is 1. The van der Waals surface area contributed by atoms with Gasteiger partial charge in [-0.15, -0.1) is 0 Å². The second kappa shape index (κ2) is 5.20. The van der Waals surface area contributed by atoms with Crippen LogP contribution in [0.2, 0.25) is 0 Å². The van der Waals surface area contributed by atoms with Crippen LogP contribution in [0.15, 0.2) is 24.3 Å². The van der Waals surface area contributed by atoms with Gasteiger partial charge in [-0.3, -0.25) is 9.59 Å². The molecule has 2 amide bonds. The van der Waals surface area contributed by atoms with Crippen LogP contribution >= 0.6 is 0 Å². The molecule has 1 aromatic rings. The number of imide groups is 1. The minimum Gasteiger partial charge on any atom is -0.330 e. The van der Waals surface area contributed by atoms with E-state index >= 15 is 0 Å².